The van der Waals surface area contributed by atoms with E-state index in [2.05, 4.69) is 20.9 Å². The molecule has 1 aromatic heterocycles. The second-order valence-electron chi connectivity index (χ2n) is 6.19. The average Bonchev–Trinajstić information content (AvgIpc) is 3.14. The fraction of sp³-hybridized carbons (Fsp3) is 0.150. The van der Waals surface area contributed by atoms with Crippen LogP contribution in [0.2, 0.25) is 0 Å². The second-order valence-corrected chi connectivity index (χ2v) is 7.05. The Hall–Kier alpha value is -3.19. The minimum Gasteiger partial charge on any atom is -0.336 e. The number of urea groups is 1. The lowest BCUT2D eigenvalue weighted by molar-refractivity contribution is 0.102. The first-order chi connectivity index (χ1) is 13.0. The van der Waals surface area contributed by atoms with Crippen molar-refractivity contribution in [2.75, 3.05) is 10.6 Å². The summed E-state index contributed by atoms with van der Waals surface area (Å²) in [5.74, 6) is -0.272. The number of amides is 3. The number of hydrogen-bond acceptors (Lipinski definition) is 4. The Morgan fingerprint density at radius 1 is 0.926 bits per heavy atom. The smallest absolute Gasteiger partial charge is 0.319 e. The Labute approximate surface area is 161 Å². The van der Waals surface area contributed by atoms with Crippen LogP contribution in [0, 0.1) is 0 Å². The molecule has 27 heavy (non-hydrogen) atoms. The van der Waals surface area contributed by atoms with Crippen LogP contribution in [0.1, 0.15) is 24.3 Å². The first-order valence-corrected chi connectivity index (χ1v) is 9.39. The van der Waals surface area contributed by atoms with Gasteiger partial charge in [-0.3, -0.25) is 4.79 Å². The maximum atomic E-state index is 12.4. The first kappa shape index (κ1) is 18.6. The van der Waals surface area contributed by atoms with Crippen molar-refractivity contribution in [2.45, 2.75) is 19.9 Å². The van der Waals surface area contributed by atoms with E-state index in [1.807, 2.05) is 44.2 Å². The SMILES string of the molecule is CC(C)NC(=O)Nc1ccc(NC(=O)c2csc(-c3ccccc3)n2)cc1. The topological polar surface area (TPSA) is 83.1 Å². The molecular formula is C20H20N4O2S. The van der Waals surface area contributed by atoms with E-state index in [1.165, 1.54) is 11.3 Å². The number of benzene rings is 2. The van der Waals surface area contributed by atoms with Gasteiger partial charge >= 0.3 is 6.03 Å². The van der Waals surface area contributed by atoms with Crippen molar-refractivity contribution < 1.29 is 9.59 Å². The molecule has 3 amide bonds. The van der Waals surface area contributed by atoms with Gasteiger partial charge < -0.3 is 16.0 Å². The van der Waals surface area contributed by atoms with Gasteiger partial charge in [-0.05, 0) is 38.1 Å². The van der Waals surface area contributed by atoms with Crippen molar-refractivity contribution >= 4 is 34.6 Å². The van der Waals surface area contributed by atoms with Crippen molar-refractivity contribution in [1.82, 2.24) is 10.3 Å². The highest BCUT2D eigenvalue weighted by atomic mass is 32.1. The minimum atomic E-state index is -0.272. The van der Waals surface area contributed by atoms with E-state index in [4.69, 9.17) is 0 Å². The number of carbonyl (C=O) groups excluding carboxylic acids is 2. The molecule has 0 fully saturated rings. The standard InChI is InChI=1S/C20H20N4O2S/c1-13(2)21-20(26)23-16-10-8-15(9-11-16)22-18(25)17-12-27-19(24-17)14-6-4-3-5-7-14/h3-13H,1-2H3,(H,22,25)(H2,21,23,26). The van der Waals surface area contributed by atoms with Crippen LogP contribution < -0.4 is 16.0 Å². The quantitative estimate of drug-likeness (QED) is 0.605. The zero-order valence-electron chi connectivity index (χ0n) is 15.0. The van der Waals surface area contributed by atoms with Gasteiger partial charge in [-0.1, -0.05) is 30.3 Å². The molecule has 7 heteroatoms. The third-order valence-electron chi connectivity index (χ3n) is 3.58. The van der Waals surface area contributed by atoms with Crippen LogP contribution in [0.3, 0.4) is 0 Å². The molecule has 2 aromatic carbocycles. The summed E-state index contributed by atoms with van der Waals surface area (Å²) >= 11 is 1.43. The summed E-state index contributed by atoms with van der Waals surface area (Å²) in [6.07, 6.45) is 0. The van der Waals surface area contributed by atoms with Crippen molar-refractivity contribution in [2.24, 2.45) is 0 Å². The monoisotopic (exact) mass is 380 g/mol. The highest BCUT2D eigenvalue weighted by molar-refractivity contribution is 7.13. The molecule has 3 N–H and O–H groups in total. The summed E-state index contributed by atoms with van der Waals surface area (Å²) < 4.78 is 0. The van der Waals surface area contributed by atoms with Crippen LogP contribution in [0.25, 0.3) is 10.6 Å². The average molecular weight is 380 g/mol. The van der Waals surface area contributed by atoms with E-state index in [-0.39, 0.29) is 18.0 Å². The molecule has 0 unspecified atom stereocenters. The molecule has 0 aliphatic rings. The molecule has 0 radical (unpaired) electrons. The molecule has 0 atom stereocenters. The fourth-order valence-corrected chi connectivity index (χ4v) is 3.16. The molecule has 3 rings (SSSR count). The highest BCUT2D eigenvalue weighted by Gasteiger charge is 2.12. The second kappa shape index (κ2) is 8.46. The summed E-state index contributed by atoms with van der Waals surface area (Å²) in [4.78, 5) is 28.5. The molecule has 0 spiro atoms. The van der Waals surface area contributed by atoms with Crippen LogP contribution >= 0.6 is 11.3 Å². The van der Waals surface area contributed by atoms with E-state index in [9.17, 15) is 9.59 Å². The predicted molar refractivity (Wildman–Crippen MR) is 109 cm³/mol. The van der Waals surface area contributed by atoms with Gasteiger partial charge in [0.1, 0.15) is 10.7 Å². The molecule has 0 bridgehead atoms. The van der Waals surface area contributed by atoms with Crippen molar-refractivity contribution in [3.63, 3.8) is 0 Å². The van der Waals surface area contributed by atoms with Gasteiger partial charge in [0.2, 0.25) is 0 Å². The third-order valence-corrected chi connectivity index (χ3v) is 4.47. The predicted octanol–water partition coefficient (Wildman–Crippen LogP) is 4.59. The summed E-state index contributed by atoms with van der Waals surface area (Å²) in [6.45, 7) is 3.78. The van der Waals surface area contributed by atoms with Gasteiger partial charge in [-0.15, -0.1) is 11.3 Å². The van der Waals surface area contributed by atoms with Crippen molar-refractivity contribution in [3.05, 3.63) is 65.7 Å². The fourth-order valence-electron chi connectivity index (χ4n) is 2.35. The van der Waals surface area contributed by atoms with Crippen LogP contribution in [0.4, 0.5) is 16.2 Å². The maximum absolute atomic E-state index is 12.4. The number of hydrogen-bond donors (Lipinski definition) is 3. The number of thiazole rings is 1. The van der Waals surface area contributed by atoms with E-state index in [0.717, 1.165) is 10.6 Å². The van der Waals surface area contributed by atoms with Crippen LogP contribution in [0.15, 0.2) is 60.0 Å². The molecule has 0 saturated carbocycles. The number of nitrogens with zero attached hydrogens (tertiary/aromatic N) is 1. The van der Waals surface area contributed by atoms with Gasteiger partial charge in [0, 0.05) is 28.4 Å². The Morgan fingerprint density at radius 3 is 2.19 bits per heavy atom. The van der Waals surface area contributed by atoms with Crippen molar-refractivity contribution in [3.8, 4) is 10.6 Å². The number of carbonyl (C=O) groups is 2. The number of anilines is 2. The molecule has 0 saturated heterocycles. The van der Waals surface area contributed by atoms with E-state index >= 15 is 0 Å². The molecule has 0 aliphatic carbocycles. The Balaban J connectivity index is 1.61. The van der Waals surface area contributed by atoms with Gasteiger partial charge in [0.25, 0.3) is 5.91 Å². The normalized spacial score (nSPS) is 10.5. The molecular weight excluding hydrogens is 360 g/mol. The number of rotatable bonds is 5. The molecule has 138 valence electrons. The highest BCUT2D eigenvalue weighted by Crippen LogP contribution is 2.24. The Kier molecular flexibility index (Phi) is 5.83. The zero-order chi connectivity index (χ0) is 19.2. The summed E-state index contributed by atoms with van der Waals surface area (Å²) in [6, 6.07) is 16.4. The van der Waals surface area contributed by atoms with E-state index < -0.39 is 0 Å². The van der Waals surface area contributed by atoms with Gasteiger partial charge in [-0.25, -0.2) is 9.78 Å². The summed E-state index contributed by atoms with van der Waals surface area (Å²) in [7, 11) is 0. The lowest BCUT2D eigenvalue weighted by Crippen LogP contribution is -2.34. The molecule has 0 aliphatic heterocycles. The number of nitrogens with one attached hydrogen (secondary N) is 3. The third kappa shape index (κ3) is 5.15. The van der Waals surface area contributed by atoms with Gasteiger partial charge in [0.15, 0.2) is 0 Å². The Bertz CT molecular complexity index is 921. The summed E-state index contributed by atoms with van der Waals surface area (Å²) in [5.41, 5.74) is 2.63. The van der Waals surface area contributed by atoms with Crippen LogP contribution in [-0.4, -0.2) is 23.0 Å². The van der Waals surface area contributed by atoms with Crippen LogP contribution in [-0.2, 0) is 0 Å². The van der Waals surface area contributed by atoms with Gasteiger partial charge in [-0.2, -0.15) is 0 Å². The maximum Gasteiger partial charge on any atom is 0.319 e. The van der Waals surface area contributed by atoms with Crippen LogP contribution in [0.5, 0.6) is 0 Å². The molecule has 6 nitrogen and oxygen atoms in total. The first-order valence-electron chi connectivity index (χ1n) is 8.51. The van der Waals surface area contributed by atoms with E-state index in [1.54, 1.807) is 29.6 Å². The van der Waals surface area contributed by atoms with E-state index in [0.29, 0.717) is 17.1 Å². The largest absolute Gasteiger partial charge is 0.336 e. The van der Waals surface area contributed by atoms with Gasteiger partial charge in [0.05, 0.1) is 0 Å². The molecule has 1 heterocycles. The lowest BCUT2D eigenvalue weighted by Gasteiger charge is -2.10. The molecule has 3 aromatic rings. The minimum absolute atomic E-state index is 0.0578. The zero-order valence-corrected chi connectivity index (χ0v) is 15.8. The number of aromatic nitrogens is 1. The van der Waals surface area contributed by atoms with Crippen molar-refractivity contribution in [1.29, 1.82) is 0 Å². The lowest BCUT2D eigenvalue weighted by atomic mass is 10.2. The summed E-state index contributed by atoms with van der Waals surface area (Å²) in [5, 5.41) is 10.8. The Morgan fingerprint density at radius 2 is 1.56 bits per heavy atom.